The molecule has 5 nitrogen and oxygen atoms in total. The number of fused-ring (bicyclic) bond motifs is 1. The Kier molecular flexibility index (Phi) is 4.41. The van der Waals surface area contributed by atoms with Gasteiger partial charge in [0, 0.05) is 18.2 Å². The van der Waals surface area contributed by atoms with E-state index in [0.717, 1.165) is 47.9 Å². The van der Waals surface area contributed by atoms with Crippen molar-refractivity contribution < 1.29 is 4.79 Å². The van der Waals surface area contributed by atoms with E-state index in [1.807, 2.05) is 24.3 Å². The largest absolute Gasteiger partial charge is 0.397 e. The van der Waals surface area contributed by atoms with Gasteiger partial charge in [0.2, 0.25) is 5.91 Å². The monoisotopic (exact) mass is 330 g/mol. The first-order valence-corrected chi connectivity index (χ1v) is 8.22. The first kappa shape index (κ1) is 16.5. The van der Waals surface area contributed by atoms with E-state index in [0.29, 0.717) is 16.8 Å². The van der Waals surface area contributed by atoms with Gasteiger partial charge in [-0.05, 0) is 54.5 Å². The maximum Gasteiger partial charge on any atom is 0.221 e. The molecule has 5 heteroatoms. The van der Waals surface area contributed by atoms with Crippen molar-refractivity contribution in [3.8, 4) is 23.3 Å². The number of anilines is 2. The fraction of sp³-hybridized carbons (Fsp3) is 0.250. The Balaban J connectivity index is 2.22. The highest BCUT2D eigenvalue weighted by Crippen LogP contribution is 2.40. The maximum absolute atomic E-state index is 11.2. The van der Waals surface area contributed by atoms with Gasteiger partial charge >= 0.3 is 0 Å². The number of nitrogen functional groups attached to an aromatic ring is 1. The summed E-state index contributed by atoms with van der Waals surface area (Å²) in [6, 6.07) is 11.7. The molecule has 0 heterocycles. The molecule has 0 saturated carbocycles. The van der Waals surface area contributed by atoms with Gasteiger partial charge in [-0.2, -0.15) is 10.5 Å². The lowest BCUT2D eigenvalue weighted by Gasteiger charge is -2.24. The van der Waals surface area contributed by atoms with Crippen molar-refractivity contribution in [3.05, 3.63) is 46.5 Å². The number of nitrogens with one attached hydrogen (secondary N) is 1. The highest BCUT2D eigenvalue weighted by atomic mass is 16.1. The van der Waals surface area contributed by atoms with Gasteiger partial charge in [0.15, 0.2) is 0 Å². The van der Waals surface area contributed by atoms with Crippen molar-refractivity contribution in [1.29, 1.82) is 10.5 Å². The molecule has 2 aromatic rings. The van der Waals surface area contributed by atoms with E-state index in [9.17, 15) is 15.3 Å². The lowest BCUT2D eigenvalue weighted by atomic mass is 9.80. The van der Waals surface area contributed by atoms with Crippen molar-refractivity contribution >= 4 is 17.3 Å². The van der Waals surface area contributed by atoms with Gasteiger partial charge in [0.1, 0.15) is 12.1 Å². The summed E-state index contributed by atoms with van der Waals surface area (Å²) < 4.78 is 0. The van der Waals surface area contributed by atoms with Gasteiger partial charge < -0.3 is 11.1 Å². The van der Waals surface area contributed by atoms with E-state index < -0.39 is 0 Å². The standard InChI is InChI=1S/C20H18N4O/c1-12(25)24-14-8-6-13(7-9-14)19-16-5-3-2-4-15(16)17(10-21)20(23)18(19)11-22/h6-9H,2-5,23H2,1H3,(H,24,25). The number of hydrogen-bond donors (Lipinski definition) is 2. The van der Waals surface area contributed by atoms with E-state index >= 15 is 0 Å². The fourth-order valence-corrected chi connectivity index (χ4v) is 3.52. The van der Waals surface area contributed by atoms with E-state index in [4.69, 9.17) is 5.73 Å². The van der Waals surface area contributed by atoms with Crippen LogP contribution < -0.4 is 11.1 Å². The molecular weight excluding hydrogens is 312 g/mol. The Labute approximate surface area is 146 Å². The Morgan fingerprint density at radius 2 is 1.64 bits per heavy atom. The quantitative estimate of drug-likeness (QED) is 0.822. The Bertz CT molecular complexity index is 930. The second-order valence-electron chi connectivity index (χ2n) is 6.19. The van der Waals surface area contributed by atoms with Crippen molar-refractivity contribution in [3.63, 3.8) is 0 Å². The van der Waals surface area contributed by atoms with E-state index in [-0.39, 0.29) is 11.6 Å². The van der Waals surface area contributed by atoms with Crippen LogP contribution in [-0.2, 0) is 17.6 Å². The predicted molar refractivity (Wildman–Crippen MR) is 96.7 cm³/mol. The third-order valence-corrected chi connectivity index (χ3v) is 4.58. The predicted octanol–water partition coefficient (Wildman–Crippen LogP) is 3.52. The molecule has 1 amide bonds. The van der Waals surface area contributed by atoms with Gasteiger partial charge in [-0.15, -0.1) is 0 Å². The van der Waals surface area contributed by atoms with E-state index in [2.05, 4.69) is 17.5 Å². The summed E-state index contributed by atoms with van der Waals surface area (Å²) in [7, 11) is 0. The average molecular weight is 330 g/mol. The van der Waals surface area contributed by atoms with Gasteiger partial charge in [-0.25, -0.2) is 0 Å². The Morgan fingerprint density at radius 1 is 1.04 bits per heavy atom. The van der Waals surface area contributed by atoms with Crippen molar-refractivity contribution in [2.45, 2.75) is 32.6 Å². The number of rotatable bonds is 2. The number of benzene rings is 2. The number of nitriles is 2. The second-order valence-corrected chi connectivity index (χ2v) is 6.19. The van der Waals surface area contributed by atoms with Gasteiger partial charge in [-0.1, -0.05) is 12.1 Å². The van der Waals surface area contributed by atoms with Crippen LogP contribution in [0.3, 0.4) is 0 Å². The van der Waals surface area contributed by atoms with E-state index in [1.165, 1.54) is 6.92 Å². The molecule has 0 saturated heterocycles. The normalized spacial score (nSPS) is 12.6. The molecule has 0 bridgehead atoms. The number of amides is 1. The molecule has 0 aromatic heterocycles. The molecule has 3 rings (SSSR count). The molecule has 1 aliphatic carbocycles. The Morgan fingerprint density at radius 3 is 2.20 bits per heavy atom. The zero-order valence-corrected chi connectivity index (χ0v) is 14.0. The minimum Gasteiger partial charge on any atom is -0.397 e. The molecule has 0 aliphatic heterocycles. The van der Waals surface area contributed by atoms with Crippen molar-refractivity contribution in [1.82, 2.24) is 0 Å². The third-order valence-electron chi connectivity index (χ3n) is 4.58. The molecular formula is C20H18N4O. The minimum absolute atomic E-state index is 0.134. The molecule has 124 valence electrons. The molecule has 2 aromatic carbocycles. The summed E-state index contributed by atoms with van der Waals surface area (Å²) in [4.78, 5) is 11.2. The van der Waals surface area contributed by atoms with Crippen LogP contribution in [0.1, 0.15) is 42.0 Å². The summed E-state index contributed by atoms with van der Waals surface area (Å²) in [5.41, 5.74) is 11.7. The summed E-state index contributed by atoms with van der Waals surface area (Å²) in [6.45, 7) is 1.46. The third kappa shape index (κ3) is 2.93. The lowest BCUT2D eigenvalue weighted by molar-refractivity contribution is -0.114. The number of hydrogen-bond acceptors (Lipinski definition) is 4. The fourth-order valence-electron chi connectivity index (χ4n) is 3.52. The number of nitrogens with zero attached hydrogens (tertiary/aromatic N) is 2. The van der Waals surface area contributed by atoms with Gasteiger partial charge in [0.25, 0.3) is 0 Å². The SMILES string of the molecule is CC(=O)Nc1ccc(-c2c(C#N)c(N)c(C#N)c3c2CCCC3)cc1. The highest BCUT2D eigenvalue weighted by Gasteiger charge is 2.25. The van der Waals surface area contributed by atoms with Crippen LogP contribution in [0.4, 0.5) is 11.4 Å². The molecule has 1 aliphatic rings. The average Bonchev–Trinajstić information content (AvgIpc) is 2.61. The van der Waals surface area contributed by atoms with Crippen LogP contribution >= 0.6 is 0 Å². The molecule has 0 fully saturated rings. The summed E-state index contributed by atoms with van der Waals surface area (Å²) in [5, 5.41) is 21.9. The molecule has 0 atom stereocenters. The topological polar surface area (TPSA) is 103 Å². The highest BCUT2D eigenvalue weighted by molar-refractivity contribution is 5.90. The van der Waals surface area contributed by atoms with Crippen LogP contribution in [0, 0.1) is 22.7 Å². The van der Waals surface area contributed by atoms with Crippen LogP contribution in [0.2, 0.25) is 0 Å². The minimum atomic E-state index is -0.134. The molecule has 0 unspecified atom stereocenters. The van der Waals surface area contributed by atoms with Crippen LogP contribution in [0.25, 0.3) is 11.1 Å². The van der Waals surface area contributed by atoms with Crippen molar-refractivity contribution in [2.24, 2.45) is 0 Å². The number of nitrogens with two attached hydrogens (primary N) is 1. The van der Waals surface area contributed by atoms with Gasteiger partial charge in [-0.3, -0.25) is 4.79 Å². The Hall–Kier alpha value is -3.31. The summed E-state index contributed by atoms with van der Waals surface area (Å²) >= 11 is 0. The van der Waals surface area contributed by atoms with E-state index in [1.54, 1.807) is 0 Å². The second kappa shape index (κ2) is 6.67. The molecule has 0 radical (unpaired) electrons. The van der Waals surface area contributed by atoms with Crippen molar-refractivity contribution in [2.75, 3.05) is 11.1 Å². The first-order valence-electron chi connectivity index (χ1n) is 8.22. The number of carbonyl (C=O) groups excluding carboxylic acids is 1. The first-order chi connectivity index (χ1) is 12.1. The number of carbonyl (C=O) groups is 1. The zero-order valence-electron chi connectivity index (χ0n) is 14.0. The molecule has 3 N–H and O–H groups in total. The van der Waals surface area contributed by atoms with Gasteiger partial charge in [0.05, 0.1) is 16.8 Å². The smallest absolute Gasteiger partial charge is 0.221 e. The van der Waals surface area contributed by atoms with Crippen LogP contribution in [0.5, 0.6) is 0 Å². The molecule has 25 heavy (non-hydrogen) atoms. The molecule has 0 spiro atoms. The summed E-state index contributed by atoms with van der Waals surface area (Å²) in [6.07, 6.45) is 3.70. The van der Waals surface area contributed by atoms with Crippen LogP contribution in [-0.4, -0.2) is 5.91 Å². The zero-order chi connectivity index (χ0) is 18.0. The lowest BCUT2D eigenvalue weighted by Crippen LogP contribution is -2.12. The maximum atomic E-state index is 11.2. The van der Waals surface area contributed by atoms with Crippen LogP contribution in [0.15, 0.2) is 24.3 Å². The summed E-state index contributed by atoms with van der Waals surface area (Å²) in [5.74, 6) is -0.134.